The van der Waals surface area contributed by atoms with Crippen molar-refractivity contribution in [3.63, 3.8) is 0 Å². The zero-order valence-corrected chi connectivity index (χ0v) is 22.7. The summed E-state index contributed by atoms with van der Waals surface area (Å²) >= 11 is 1.43. The normalized spacial score (nSPS) is 14.4. The highest BCUT2D eigenvalue weighted by molar-refractivity contribution is 7.20. The molecule has 0 bridgehead atoms. The molecule has 3 aromatic carbocycles. The van der Waals surface area contributed by atoms with E-state index in [2.05, 4.69) is 10.2 Å². The van der Waals surface area contributed by atoms with Crippen LogP contribution in [0, 0.1) is 5.41 Å². The molecule has 0 radical (unpaired) electrons. The standard InChI is InChI=1S/C30H31N5O4S/c31-29(32)28-17-24-25(7-4-8-27(24)40-28)39-26(22-5-2-1-3-6-22)19-38-30(37)33-23-11-9-21(10-12-23)18-34-13-15-35(20-36)16-14-34/h1-12,17,20,26H,13-16,18-19H2,(H3,31,32)(H,33,37). The molecule has 10 heteroatoms. The number of benzene rings is 3. The molecule has 0 saturated carbocycles. The lowest BCUT2D eigenvalue weighted by Gasteiger charge is -2.32. The van der Waals surface area contributed by atoms with E-state index in [9.17, 15) is 9.59 Å². The first kappa shape index (κ1) is 27.2. The van der Waals surface area contributed by atoms with Crippen molar-refractivity contribution in [2.45, 2.75) is 12.6 Å². The van der Waals surface area contributed by atoms with Gasteiger partial charge in [-0.3, -0.25) is 20.4 Å². The van der Waals surface area contributed by atoms with Gasteiger partial charge in [-0.2, -0.15) is 0 Å². The summed E-state index contributed by atoms with van der Waals surface area (Å²) < 4.78 is 12.9. The van der Waals surface area contributed by atoms with Crippen molar-refractivity contribution in [2.75, 3.05) is 38.1 Å². The number of hydrogen-bond acceptors (Lipinski definition) is 7. The molecule has 9 nitrogen and oxygen atoms in total. The highest BCUT2D eigenvalue weighted by Crippen LogP contribution is 2.35. The summed E-state index contributed by atoms with van der Waals surface area (Å²) in [5.41, 5.74) is 8.33. The second-order valence-corrected chi connectivity index (χ2v) is 10.6. The van der Waals surface area contributed by atoms with E-state index in [1.165, 1.54) is 11.3 Å². The molecular formula is C30H31N5O4S. The first-order chi connectivity index (χ1) is 19.5. The fourth-order valence-electron chi connectivity index (χ4n) is 4.57. The molecule has 5 rings (SSSR count). The Morgan fingerprint density at radius 3 is 2.48 bits per heavy atom. The summed E-state index contributed by atoms with van der Waals surface area (Å²) in [5.74, 6) is 0.638. The van der Waals surface area contributed by atoms with E-state index in [1.807, 2.05) is 78.9 Å². The van der Waals surface area contributed by atoms with E-state index >= 15 is 0 Å². The number of amidine groups is 1. The lowest BCUT2D eigenvalue weighted by molar-refractivity contribution is -0.119. The molecule has 206 valence electrons. The molecule has 0 spiro atoms. The molecule has 1 aliphatic heterocycles. The van der Waals surface area contributed by atoms with Crippen LogP contribution in [0.25, 0.3) is 10.1 Å². The number of nitrogens with zero attached hydrogens (tertiary/aromatic N) is 2. The van der Waals surface area contributed by atoms with Crippen molar-refractivity contribution >= 4 is 45.4 Å². The predicted molar refractivity (Wildman–Crippen MR) is 157 cm³/mol. The van der Waals surface area contributed by atoms with Crippen molar-refractivity contribution < 1.29 is 19.1 Å². The molecule has 1 atom stereocenters. The van der Waals surface area contributed by atoms with Crippen LogP contribution in [-0.2, 0) is 16.1 Å². The number of carbonyl (C=O) groups is 2. The van der Waals surface area contributed by atoms with Crippen LogP contribution < -0.4 is 15.8 Å². The molecular weight excluding hydrogens is 526 g/mol. The number of piperazine rings is 1. The second kappa shape index (κ2) is 12.6. The van der Waals surface area contributed by atoms with Crippen LogP contribution in [0.15, 0.2) is 78.9 Å². The Balaban J connectivity index is 1.20. The summed E-state index contributed by atoms with van der Waals surface area (Å²) in [5, 5.41) is 11.4. The number of carbonyl (C=O) groups excluding carboxylic acids is 2. The Kier molecular flexibility index (Phi) is 8.58. The Labute approximate surface area is 236 Å². The van der Waals surface area contributed by atoms with Crippen molar-refractivity contribution in [1.29, 1.82) is 5.41 Å². The van der Waals surface area contributed by atoms with E-state index in [1.54, 1.807) is 4.90 Å². The Morgan fingerprint density at radius 1 is 1.02 bits per heavy atom. The van der Waals surface area contributed by atoms with Gasteiger partial charge >= 0.3 is 6.09 Å². The van der Waals surface area contributed by atoms with Crippen LogP contribution in [0.2, 0.25) is 0 Å². The number of nitrogens with one attached hydrogen (secondary N) is 2. The second-order valence-electron chi connectivity index (χ2n) is 9.55. The molecule has 4 N–H and O–H groups in total. The highest BCUT2D eigenvalue weighted by atomic mass is 32.1. The fraction of sp³-hybridized carbons (Fsp3) is 0.233. The van der Waals surface area contributed by atoms with Crippen molar-refractivity contribution in [1.82, 2.24) is 9.80 Å². The lowest BCUT2D eigenvalue weighted by Crippen LogP contribution is -2.45. The maximum atomic E-state index is 12.7. The third-order valence-electron chi connectivity index (χ3n) is 6.76. The third kappa shape index (κ3) is 6.77. The molecule has 40 heavy (non-hydrogen) atoms. The number of hydrogen-bond donors (Lipinski definition) is 3. The summed E-state index contributed by atoms with van der Waals surface area (Å²) in [6.07, 6.45) is -0.212. The van der Waals surface area contributed by atoms with Crippen LogP contribution in [0.3, 0.4) is 0 Å². The van der Waals surface area contributed by atoms with Crippen LogP contribution >= 0.6 is 11.3 Å². The van der Waals surface area contributed by atoms with E-state index in [0.29, 0.717) is 16.3 Å². The van der Waals surface area contributed by atoms with Crippen molar-refractivity contribution in [2.24, 2.45) is 5.73 Å². The van der Waals surface area contributed by atoms with E-state index < -0.39 is 12.2 Å². The summed E-state index contributed by atoms with van der Waals surface area (Å²) in [6, 6.07) is 24.8. The van der Waals surface area contributed by atoms with Crippen LogP contribution in [0.5, 0.6) is 5.75 Å². The Hall–Kier alpha value is -4.41. The summed E-state index contributed by atoms with van der Waals surface area (Å²) in [6.45, 7) is 3.96. The van der Waals surface area contributed by atoms with Gasteiger partial charge in [0.25, 0.3) is 0 Å². The van der Waals surface area contributed by atoms with Crippen molar-refractivity contribution in [3.05, 3.63) is 94.9 Å². The molecule has 0 aliphatic carbocycles. The van der Waals surface area contributed by atoms with Gasteiger partial charge in [-0.05, 0) is 41.5 Å². The van der Waals surface area contributed by atoms with Gasteiger partial charge in [0.15, 0.2) is 6.10 Å². The highest BCUT2D eigenvalue weighted by Gasteiger charge is 2.19. The number of nitrogen functional groups attached to an aromatic ring is 1. The third-order valence-corrected chi connectivity index (χ3v) is 7.89. The summed E-state index contributed by atoms with van der Waals surface area (Å²) in [4.78, 5) is 28.4. The van der Waals surface area contributed by atoms with Crippen LogP contribution in [0.1, 0.15) is 22.1 Å². The maximum Gasteiger partial charge on any atom is 0.411 e. The first-order valence-electron chi connectivity index (χ1n) is 13.0. The molecule has 1 fully saturated rings. The minimum absolute atomic E-state index is 0.000781. The fourth-order valence-corrected chi connectivity index (χ4v) is 5.51. The van der Waals surface area contributed by atoms with Gasteiger partial charge < -0.3 is 20.1 Å². The van der Waals surface area contributed by atoms with E-state index in [-0.39, 0.29) is 12.4 Å². The van der Waals surface area contributed by atoms with Crippen molar-refractivity contribution in [3.8, 4) is 5.75 Å². The van der Waals surface area contributed by atoms with Gasteiger partial charge in [-0.15, -0.1) is 11.3 Å². The maximum absolute atomic E-state index is 12.7. The minimum atomic E-state index is -0.574. The van der Waals surface area contributed by atoms with E-state index in [0.717, 1.165) is 60.3 Å². The molecule has 1 unspecified atom stereocenters. The van der Waals surface area contributed by atoms with Gasteiger partial charge in [0, 0.05) is 48.5 Å². The first-order valence-corrected chi connectivity index (χ1v) is 13.8. The largest absolute Gasteiger partial charge is 0.481 e. The van der Waals surface area contributed by atoms with Gasteiger partial charge in [-0.1, -0.05) is 48.5 Å². The molecule has 4 aromatic rings. The number of amides is 2. The smallest absolute Gasteiger partial charge is 0.411 e. The number of ether oxygens (including phenoxy) is 2. The number of rotatable bonds is 10. The van der Waals surface area contributed by atoms with Gasteiger partial charge in [0.1, 0.15) is 18.2 Å². The average Bonchev–Trinajstić information content (AvgIpc) is 3.43. The number of fused-ring (bicyclic) bond motifs is 1. The molecule has 2 amide bonds. The van der Waals surface area contributed by atoms with Crippen LogP contribution in [0.4, 0.5) is 10.5 Å². The Morgan fingerprint density at radius 2 is 1.77 bits per heavy atom. The van der Waals surface area contributed by atoms with Crippen LogP contribution in [-0.4, -0.2) is 60.9 Å². The van der Waals surface area contributed by atoms with Gasteiger partial charge in [0.2, 0.25) is 6.41 Å². The average molecular weight is 558 g/mol. The molecule has 1 saturated heterocycles. The zero-order valence-electron chi connectivity index (χ0n) is 21.9. The monoisotopic (exact) mass is 557 g/mol. The lowest BCUT2D eigenvalue weighted by atomic mass is 10.1. The number of anilines is 1. The zero-order chi connectivity index (χ0) is 27.9. The minimum Gasteiger partial charge on any atom is -0.481 e. The number of thiophene rings is 1. The van der Waals surface area contributed by atoms with E-state index in [4.69, 9.17) is 20.6 Å². The quantitative estimate of drug-likeness (QED) is 0.146. The SMILES string of the molecule is N=C(N)c1cc2c(OC(COC(=O)Nc3ccc(CN4CCN(C=O)CC4)cc3)c3ccccc3)cccc2s1. The summed E-state index contributed by atoms with van der Waals surface area (Å²) in [7, 11) is 0. The predicted octanol–water partition coefficient (Wildman–Crippen LogP) is 4.83. The molecule has 2 heterocycles. The molecule has 1 aliphatic rings. The molecule has 1 aromatic heterocycles. The van der Waals surface area contributed by atoms with Gasteiger partial charge in [0.05, 0.1) is 4.88 Å². The Bertz CT molecular complexity index is 1470. The number of nitrogens with two attached hydrogens (primary N) is 1. The topological polar surface area (TPSA) is 121 Å². The van der Waals surface area contributed by atoms with Gasteiger partial charge in [-0.25, -0.2) is 4.79 Å².